The topological polar surface area (TPSA) is 85.2 Å². The molecule has 1 aliphatic rings. The van der Waals surface area contributed by atoms with E-state index in [2.05, 4.69) is 16.7 Å². The predicted octanol–water partition coefficient (Wildman–Crippen LogP) is 4.03. The van der Waals surface area contributed by atoms with Crippen molar-refractivity contribution >= 4 is 5.97 Å². The fraction of sp³-hybridized carbons (Fsp3) is 0.278. The van der Waals surface area contributed by atoms with Gasteiger partial charge in [0.25, 0.3) is 0 Å². The molecule has 0 aromatic heterocycles. The molecule has 0 amide bonds. The van der Waals surface area contributed by atoms with Crippen LogP contribution in [0.3, 0.4) is 0 Å². The van der Waals surface area contributed by atoms with Crippen molar-refractivity contribution in [1.82, 2.24) is 0 Å². The Labute approximate surface area is 140 Å². The number of carboxylic acid groups (broad SMARTS) is 1. The summed E-state index contributed by atoms with van der Waals surface area (Å²) in [6.07, 6.45) is 3.17. The monoisotopic (exact) mass is 332 g/mol. The van der Waals surface area contributed by atoms with Gasteiger partial charge in [-0.3, -0.25) is 9.78 Å². The van der Waals surface area contributed by atoms with Crippen LogP contribution in [0.25, 0.3) is 0 Å². The molecule has 0 aliphatic carbocycles. The first-order valence-corrected chi connectivity index (χ1v) is 7.74. The third-order valence-corrected chi connectivity index (χ3v) is 3.26. The summed E-state index contributed by atoms with van der Waals surface area (Å²) >= 11 is 0. The fourth-order valence-corrected chi connectivity index (χ4v) is 2.00. The molecule has 2 N–H and O–H groups in total. The third-order valence-electron chi connectivity index (χ3n) is 3.26. The van der Waals surface area contributed by atoms with Gasteiger partial charge in [0.1, 0.15) is 17.1 Å². The molecular weight excluding hydrogens is 312 g/mol. The lowest BCUT2D eigenvalue weighted by molar-refractivity contribution is -0.0846. The molecule has 1 aliphatic heterocycles. The van der Waals surface area contributed by atoms with E-state index < -0.39 is 5.97 Å². The Hall–Kier alpha value is -2.89. The van der Waals surface area contributed by atoms with Crippen molar-refractivity contribution in [2.24, 2.45) is 0 Å². The number of fused-ring (bicyclic) bond motifs is 2. The smallest absolute Gasteiger partial charge is 0.339 e. The van der Waals surface area contributed by atoms with Crippen molar-refractivity contribution in [2.75, 3.05) is 6.61 Å². The Morgan fingerprint density at radius 3 is 2.33 bits per heavy atom. The van der Waals surface area contributed by atoms with Gasteiger partial charge in [0, 0.05) is 12.1 Å². The minimum Gasteiger partial charge on any atom is -0.507 e. The van der Waals surface area contributed by atoms with Crippen LogP contribution < -0.4 is 14.5 Å². The van der Waals surface area contributed by atoms with Gasteiger partial charge in [-0.15, -0.1) is 0 Å². The molecule has 3 rings (SSSR count). The van der Waals surface area contributed by atoms with E-state index in [1.54, 1.807) is 6.07 Å². The van der Waals surface area contributed by atoms with Gasteiger partial charge in [-0.2, -0.15) is 0 Å². The highest BCUT2D eigenvalue weighted by Gasteiger charge is 2.09. The number of rotatable bonds is 6. The molecule has 0 saturated carbocycles. The van der Waals surface area contributed by atoms with E-state index >= 15 is 0 Å². The number of carbonyl (C=O) groups is 1. The lowest BCUT2D eigenvalue weighted by Crippen LogP contribution is -1.99. The Morgan fingerprint density at radius 1 is 1.08 bits per heavy atom. The van der Waals surface area contributed by atoms with E-state index in [1.807, 2.05) is 24.3 Å². The van der Waals surface area contributed by atoms with Crippen LogP contribution in [-0.2, 0) is 0 Å². The highest BCUT2D eigenvalue weighted by atomic mass is 17.2. The summed E-state index contributed by atoms with van der Waals surface area (Å²) in [5.41, 5.74) is -0.110. The molecule has 2 bridgehead atoms. The highest BCUT2D eigenvalue weighted by molar-refractivity contribution is 5.90. The zero-order valence-electron chi connectivity index (χ0n) is 13.4. The zero-order valence-corrected chi connectivity index (χ0v) is 13.4. The van der Waals surface area contributed by atoms with E-state index in [0.717, 1.165) is 30.8 Å². The molecule has 6 heteroatoms. The lowest BCUT2D eigenvalue weighted by atomic mass is 10.2. The molecule has 24 heavy (non-hydrogen) atoms. The Balaban J connectivity index is 0.000000214. The molecule has 0 spiro atoms. The Morgan fingerprint density at radius 2 is 1.79 bits per heavy atom. The van der Waals surface area contributed by atoms with Crippen molar-refractivity contribution in [3.8, 4) is 23.0 Å². The van der Waals surface area contributed by atoms with Crippen molar-refractivity contribution in [3.05, 3.63) is 48.0 Å². The number of phenols is 1. The average molecular weight is 332 g/mol. The zero-order chi connectivity index (χ0) is 17.4. The van der Waals surface area contributed by atoms with Crippen LogP contribution >= 0.6 is 0 Å². The van der Waals surface area contributed by atoms with E-state index in [0.29, 0.717) is 12.4 Å². The molecule has 6 nitrogen and oxygen atoms in total. The lowest BCUT2D eigenvalue weighted by Gasteiger charge is -2.07. The fourth-order valence-electron chi connectivity index (χ4n) is 2.00. The quantitative estimate of drug-likeness (QED) is 0.613. The van der Waals surface area contributed by atoms with Crippen LogP contribution in [-0.4, -0.2) is 22.8 Å². The minimum atomic E-state index is -1.14. The van der Waals surface area contributed by atoms with Crippen LogP contribution in [0, 0.1) is 0 Å². The number of hydrogen-bond acceptors (Lipinski definition) is 5. The summed E-state index contributed by atoms with van der Waals surface area (Å²) in [6.45, 7) is 2.69. The van der Waals surface area contributed by atoms with Gasteiger partial charge < -0.3 is 14.9 Å². The average Bonchev–Trinajstić information content (AvgIpc) is 2.90. The van der Waals surface area contributed by atoms with E-state index in [-0.39, 0.29) is 11.3 Å². The van der Waals surface area contributed by atoms with Crippen molar-refractivity contribution in [1.29, 1.82) is 0 Å². The summed E-state index contributed by atoms with van der Waals surface area (Å²) in [5, 5.41) is 18.1. The summed E-state index contributed by atoms with van der Waals surface area (Å²) in [4.78, 5) is 20.0. The maximum atomic E-state index is 10.6. The molecule has 0 radical (unpaired) electrons. The standard InChI is InChI=1S/C12H16O4.C6H4O2/c1-2-3-4-7-16-9-5-6-10(12(14)15)11(13)8-9;1-2-5-4-6(3-1)8-7-5/h5-6,8,13H,2-4,7H2,1H3,(H,14,15);1-4H. The van der Waals surface area contributed by atoms with Crippen molar-refractivity contribution in [2.45, 2.75) is 26.2 Å². The van der Waals surface area contributed by atoms with Gasteiger partial charge in [-0.05, 0) is 30.7 Å². The second-order valence-corrected chi connectivity index (χ2v) is 5.18. The molecule has 0 fully saturated rings. The summed E-state index contributed by atoms with van der Waals surface area (Å²) < 4.78 is 5.37. The van der Waals surface area contributed by atoms with Crippen LogP contribution in [0.1, 0.15) is 36.5 Å². The van der Waals surface area contributed by atoms with Crippen molar-refractivity contribution in [3.63, 3.8) is 0 Å². The van der Waals surface area contributed by atoms with Crippen LogP contribution in [0.5, 0.6) is 23.0 Å². The van der Waals surface area contributed by atoms with Crippen molar-refractivity contribution < 1.29 is 29.5 Å². The van der Waals surface area contributed by atoms with Gasteiger partial charge in [0.2, 0.25) is 0 Å². The molecule has 2 aromatic rings. The largest absolute Gasteiger partial charge is 0.507 e. The number of ether oxygens (including phenoxy) is 1. The van der Waals surface area contributed by atoms with Gasteiger partial charge >= 0.3 is 5.97 Å². The van der Waals surface area contributed by atoms with Gasteiger partial charge in [0.15, 0.2) is 11.5 Å². The maximum absolute atomic E-state index is 10.6. The second-order valence-electron chi connectivity index (χ2n) is 5.18. The summed E-state index contributed by atoms with van der Waals surface area (Å²) in [5.74, 6) is 0.652. The van der Waals surface area contributed by atoms with E-state index in [1.165, 1.54) is 12.1 Å². The molecule has 2 aromatic carbocycles. The number of carboxylic acids is 1. The second kappa shape index (κ2) is 8.67. The van der Waals surface area contributed by atoms with Crippen LogP contribution in [0.15, 0.2) is 42.5 Å². The minimum absolute atomic E-state index is 0.110. The molecular formula is C18H20O6. The first-order valence-electron chi connectivity index (χ1n) is 7.74. The maximum Gasteiger partial charge on any atom is 0.339 e. The third kappa shape index (κ3) is 5.08. The summed E-state index contributed by atoms with van der Waals surface area (Å²) in [6, 6.07) is 11.6. The number of hydrogen-bond donors (Lipinski definition) is 2. The number of aromatic hydroxyl groups is 1. The molecule has 128 valence electrons. The first-order chi connectivity index (χ1) is 11.6. The molecule has 0 atom stereocenters. The number of aromatic carboxylic acids is 1. The normalized spacial score (nSPS) is 10.9. The molecule has 0 unspecified atom stereocenters. The first kappa shape index (κ1) is 17.5. The molecule has 1 heterocycles. The predicted molar refractivity (Wildman–Crippen MR) is 87.8 cm³/mol. The Bertz CT molecular complexity index is 664. The highest BCUT2D eigenvalue weighted by Crippen LogP contribution is 2.25. The summed E-state index contributed by atoms with van der Waals surface area (Å²) in [7, 11) is 0. The SMILES string of the molecule is CCCCCOc1ccc(C(=O)O)c(O)c1.c1cc2cc(c1)OO2. The van der Waals surface area contributed by atoms with Gasteiger partial charge in [-0.25, -0.2) is 4.79 Å². The van der Waals surface area contributed by atoms with E-state index in [9.17, 15) is 9.90 Å². The van der Waals surface area contributed by atoms with Gasteiger partial charge in [0.05, 0.1) is 6.61 Å². The molecule has 0 saturated heterocycles. The van der Waals surface area contributed by atoms with Crippen LogP contribution in [0.2, 0.25) is 0 Å². The van der Waals surface area contributed by atoms with Gasteiger partial charge in [-0.1, -0.05) is 25.8 Å². The van der Waals surface area contributed by atoms with E-state index in [4.69, 9.17) is 9.84 Å². The number of unbranched alkanes of at least 4 members (excludes halogenated alkanes) is 2. The number of benzene rings is 2. The Kier molecular flexibility index (Phi) is 6.31. The van der Waals surface area contributed by atoms with Crippen LogP contribution in [0.4, 0.5) is 0 Å².